The summed E-state index contributed by atoms with van der Waals surface area (Å²) in [4.78, 5) is 12.2. The van der Waals surface area contributed by atoms with Gasteiger partial charge in [-0.25, -0.2) is 4.39 Å². The summed E-state index contributed by atoms with van der Waals surface area (Å²) < 4.78 is 14.3. The predicted octanol–water partition coefficient (Wildman–Crippen LogP) is 3.78. The van der Waals surface area contributed by atoms with Crippen molar-refractivity contribution in [2.24, 2.45) is 5.73 Å². The monoisotopic (exact) mass is 366 g/mol. The summed E-state index contributed by atoms with van der Waals surface area (Å²) in [5.74, 6) is -0.798. The second-order valence-electron chi connectivity index (χ2n) is 4.47. The molecule has 21 heavy (non-hydrogen) atoms. The van der Waals surface area contributed by atoms with Crippen LogP contribution in [0.1, 0.15) is 21.5 Å². The molecule has 1 amide bonds. The molecule has 0 aromatic heterocycles. The number of nitrogens with two attached hydrogens (primary N) is 1. The van der Waals surface area contributed by atoms with Crippen molar-refractivity contribution in [2.45, 2.75) is 6.92 Å². The molecule has 2 aromatic rings. The van der Waals surface area contributed by atoms with Crippen LogP contribution in [0.25, 0.3) is 0 Å². The Labute approximate surface area is 135 Å². The Bertz CT molecular complexity index is 734. The molecule has 0 saturated heterocycles. The lowest BCUT2D eigenvalue weighted by molar-refractivity contribution is 0.102. The molecule has 3 nitrogen and oxygen atoms in total. The van der Waals surface area contributed by atoms with Gasteiger partial charge in [-0.05, 0) is 42.8 Å². The first-order valence-corrected chi connectivity index (χ1v) is 7.25. The lowest BCUT2D eigenvalue weighted by Crippen LogP contribution is -2.16. The van der Waals surface area contributed by atoms with Gasteiger partial charge in [-0.15, -0.1) is 0 Å². The van der Waals surface area contributed by atoms with Gasteiger partial charge in [0.1, 0.15) is 10.8 Å². The van der Waals surface area contributed by atoms with Crippen LogP contribution in [0, 0.1) is 12.7 Å². The molecular formula is C15H12BrFN2OS. The Hall–Kier alpha value is -1.79. The van der Waals surface area contributed by atoms with E-state index in [2.05, 4.69) is 21.2 Å². The molecule has 0 radical (unpaired) electrons. The van der Waals surface area contributed by atoms with Crippen molar-refractivity contribution in [1.82, 2.24) is 0 Å². The maximum absolute atomic E-state index is 13.5. The number of nitrogens with one attached hydrogen (secondary N) is 1. The molecule has 0 atom stereocenters. The fourth-order valence-electron chi connectivity index (χ4n) is 1.83. The zero-order valence-electron chi connectivity index (χ0n) is 11.1. The zero-order chi connectivity index (χ0) is 15.6. The van der Waals surface area contributed by atoms with Crippen molar-refractivity contribution in [3.63, 3.8) is 0 Å². The van der Waals surface area contributed by atoms with E-state index < -0.39 is 5.82 Å². The number of benzene rings is 2. The molecule has 0 bridgehead atoms. The van der Waals surface area contributed by atoms with Crippen LogP contribution in [-0.4, -0.2) is 10.9 Å². The SMILES string of the molecule is Cc1ccc(Br)cc1C(=O)Nc1ccc(F)c(C(N)=S)c1. The highest BCUT2D eigenvalue weighted by atomic mass is 79.9. The van der Waals surface area contributed by atoms with Gasteiger partial charge in [-0.2, -0.15) is 0 Å². The molecule has 0 fully saturated rings. The summed E-state index contributed by atoms with van der Waals surface area (Å²) in [7, 11) is 0. The molecule has 0 aliphatic heterocycles. The van der Waals surface area contributed by atoms with Crippen LogP contribution in [0.5, 0.6) is 0 Å². The molecular weight excluding hydrogens is 355 g/mol. The maximum Gasteiger partial charge on any atom is 0.255 e. The zero-order valence-corrected chi connectivity index (χ0v) is 13.5. The van der Waals surface area contributed by atoms with E-state index in [4.69, 9.17) is 18.0 Å². The van der Waals surface area contributed by atoms with Gasteiger partial charge in [0.25, 0.3) is 5.91 Å². The molecule has 0 saturated carbocycles. The van der Waals surface area contributed by atoms with Gasteiger partial charge in [-0.1, -0.05) is 34.2 Å². The fourth-order valence-corrected chi connectivity index (χ4v) is 2.35. The maximum atomic E-state index is 13.5. The fraction of sp³-hybridized carbons (Fsp3) is 0.0667. The number of aryl methyl sites for hydroxylation is 1. The van der Waals surface area contributed by atoms with Gasteiger partial charge < -0.3 is 11.1 Å². The van der Waals surface area contributed by atoms with E-state index in [1.165, 1.54) is 18.2 Å². The summed E-state index contributed by atoms with van der Waals surface area (Å²) in [5, 5.41) is 2.71. The van der Waals surface area contributed by atoms with E-state index in [0.29, 0.717) is 11.3 Å². The van der Waals surface area contributed by atoms with E-state index in [0.717, 1.165) is 10.0 Å². The normalized spacial score (nSPS) is 10.2. The predicted molar refractivity (Wildman–Crippen MR) is 89.1 cm³/mol. The Morgan fingerprint density at radius 1 is 1.24 bits per heavy atom. The van der Waals surface area contributed by atoms with Crippen molar-refractivity contribution < 1.29 is 9.18 Å². The largest absolute Gasteiger partial charge is 0.389 e. The first kappa shape index (κ1) is 15.6. The van der Waals surface area contributed by atoms with Gasteiger partial charge in [0.2, 0.25) is 0 Å². The minimum absolute atomic E-state index is 0.0535. The quantitative estimate of drug-likeness (QED) is 0.812. The standard InChI is InChI=1S/C15H12BrFN2OS/c1-8-2-3-9(16)6-11(8)15(20)19-10-4-5-13(17)12(7-10)14(18)21/h2-7H,1H3,(H2,18,21)(H,19,20). The van der Waals surface area contributed by atoms with Crippen LogP contribution < -0.4 is 11.1 Å². The van der Waals surface area contributed by atoms with Gasteiger partial charge in [-0.3, -0.25) is 4.79 Å². The molecule has 0 spiro atoms. The number of hydrogen-bond acceptors (Lipinski definition) is 2. The van der Waals surface area contributed by atoms with Crippen molar-refractivity contribution in [1.29, 1.82) is 0 Å². The molecule has 2 rings (SSSR count). The van der Waals surface area contributed by atoms with Crippen LogP contribution in [0.3, 0.4) is 0 Å². The van der Waals surface area contributed by atoms with Gasteiger partial charge in [0, 0.05) is 21.3 Å². The highest BCUT2D eigenvalue weighted by molar-refractivity contribution is 9.10. The Balaban J connectivity index is 2.29. The number of carbonyl (C=O) groups excluding carboxylic acids is 1. The number of halogens is 2. The first-order valence-electron chi connectivity index (χ1n) is 6.05. The molecule has 2 aromatic carbocycles. The van der Waals surface area contributed by atoms with Crippen molar-refractivity contribution in [3.05, 3.63) is 63.4 Å². The van der Waals surface area contributed by atoms with Crippen molar-refractivity contribution in [2.75, 3.05) is 5.32 Å². The molecule has 108 valence electrons. The molecule has 0 heterocycles. The molecule has 0 aliphatic rings. The Kier molecular flexibility index (Phi) is 4.69. The van der Waals surface area contributed by atoms with E-state index in [1.54, 1.807) is 6.07 Å². The number of anilines is 1. The smallest absolute Gasteiger partial charge is 0.255 e. The molecule has 0 aliphatic carbocycles. The number of hydrogen-bond donors (Lipinski definition) is 2. The second kappa shape index (κ2) is 6.32. The summed E-state index contributed by atoms with van der Waals surface area (Å²) >= 11 is 8.10. The number of amides is 1. The van der Waals surface area contributed by atoms with Crippen LogP contribution in [0.4, 0.5) is 10.1 Å². The Morgan fingerprint density at radius 2 is 1.95 bits per heavy atom. The second-order valence-corrected chi connectivity index (χ2v) is 5.83. The summed E-state index contributed by atoms with van der Waals surface area (Å²) in [5.41, 5.74) is 7.35. The number of rotatable bonds is 3. The van der Waals surface area contributed by atoms with Gasteiger partial charge >= 0.3 is 0 Å². The lowest BCUT2D eigenvalue weighted by Gasteiger charge is -2.10. The van der Waals surface area contributed by atoms with Crippen LogP contribution in [0.15, 0.2) is 40.9 Å². The highest BCUT2D eigenvalue weighted by Gasteiger charge is 2.12. The lowest BCUT2D eigenvalue weighted by atomic mass is 10.1. The van der Waals surface area contributed by atoms with Crippen LogP contribution in [-0.2, 0) is 0 Å². The minimum atomic E-state index is -0.515. The van der Waals surface area contributed by atoms with Crippen molar-refractivity contribution >= 4 is 44.7 Å². The van der Waals surface area contributed by atoms with E-state index in [9.17, 15) is 9.18 Å². The molecule has 6 heteroatoms. The highest BCUT2D eigenvalue weighted by Crippen LogP contribution is 2.19. The van der Waals surface area contributed by atoms with E-state index in [-0.39, 0.29) is 16.5 Å². The van der Waals surface area contributed by atoms with Gasteiger partial charge in [0.05, 0.1) is 0 Å². The topological polar surface area (TPSA) is 55.1 Å². The third-order valence-corrected chi connectivity index (χ3v) is 3.65. The summed E-state index contributed by atoms with van der Waals surface area (Å²) in [6.07, 6.45) is 0. The van der Waals surface area contributed by atoms with E-state index in [1.807, 2.05) is 19.1 Å². The number of carbonyl (C=O) groups is 1. The summed E-state index contributed by atoms with van der Waals surface area (Å²) in [6.45, 7) is 1.84. The molecule has 3 N–H and O–H groups in total. The molecule has 0 unspecified atom stereocenters. The number of thiocarbonyl (C=S) groups is 1. The van der Waals surface area contributed by atoms with Crippen LogP contribution in [0.2, 0.25) is 0 Å². The van der Waals surface area contributed by atoms with E-state index >= 15 is 0 Å². The summed E-state index contributed by atoms with van der Waals surface area (Å²) in [6, 6.07) is 9.52. The van der Waals surface area contributed by atoms with Crippen LogP contribution >= 0.6 is 28.1 Å². The van der Waals surface area contributed by atoms with Crippen molar-refractivity contribution in [3.8, 4) is 0 Å². The third kappa shape index (κ3) is 3.65. The average Bonchev–Trinajstić information content (AvgIpc) is 2.43. The minimum Gasteiger partial charge on any atom is -0.389 e. The first-order chi connectivity index (χ1) is 9.88. The third-order valence-electron chi connectivity index (χ3n) is 2.93. The van der Waals surface area contributed by atoms with Gasteiger partial charge in [0.15, 0.2) is 0 Å². The average molecular weight is 367 g/mol. The Morgan fingerprint density at radius 3 is 2.62 bits per heavy atom.